The van der Waals surface area contributed by atoms with Crippen LogP contribution in [0.2, 0.25) is 0 Å². The second-order valence-electron chi connectivity index (χ2n) is 8.81. The maximum Gasteiger partial charge on any atom is 0.149 e. The first kappa shape index (κ1) is 18.0. The fourth-order valence-electron chi connectivity index (χ4n) is 5.11. The van der Waals surface area contributed by atoms with Gasteiger partial charge < -0.3 is 15.0 Å². The van der Waals surface area contributed by atoms with E-state index in [0.29, 0.717) is 12.0 Å². The molecule has 2 saturated carbocycles. The Hall–Kier alpha value is -2.07. The van der Waals surface area contributed by atoms with Crippen LogP contribution in [0.5, 0.6) is 0 Å². The fourth-order valence-corrected chi connectivity index (χ4v) is 5.11. The molecule has 4 aliphatic rings. The Morgan fingerprint density at radius 1 is 1.21 bits per heavy atom. The molecule has 1 aromatic rings. The van der Waals surface area contributed by atoms with Crippen LogP contribution in [-0.2, 0) is 4.74 Å². The smallest absolute Gasteiger partial charge is 0.149 e. The highest BCUT2D eigenvalue weighted by Gasteiger charge is 2.59. The predicted octanol–water partition coefficient (Wildman–Crippen LogP) is 3.94. The third-order valence-electron chi connectivity index (χ3n) is 6.87. The summed E-state index contributed by atoms with van der Waals surface area (Å²) in [5.74, 6) is 1.45. The lowest BCUT2D eigenvalue weighted by Crippen LogP contribution is -2.44. The number of nitrogens with zero attached hydrogens (tertiary/aromatic N) is 2. The van der Waals surface area contributed by atoms with Gasteiger partial charge in [-0.25, -0.2) is 0 Å². The number of aryl methyl sites for hydroxylation is 1. The predicted molar refractivity (Wildman–Crippen MR) is 114 cm³/mol. The normalized spacial score (nSPS) is 30.4. The van der Waals surface area contributed by atoms with E-state index in [1.807, 2.05) is 0 Å². The molecule has 2 heterocycles. The number of hydrogen-bond donors (Lipinski definition) is 1. The van der Waals surface area contributed by atoms with Crippen molar-refractivity contribution in [3.8, 4) is 0 Å². The van der Waals surface area contributed by atoms with Gasteiger partial charge >= 0.3 is 0 Å². The van der Waals surface area contributed by atoms with Gasteiger partial charge in [0.15, 0.2) is 0 Å². The highest BCUT2D eigenvalue weighted by atomic mass is 16.5. The van der Waals surface area contributed by atoms with Crippen molar-refractivity contribution in [1.29, 1.82) is 0 Å². The lowest BCUT2D eigenvalue weighted by molar-refractivity contribution is 0.117. The van der Waals surface area contributed by atoms with E-state index in [9.17, 15) is 0 Å². The van der Waals surface area contributed by atoms with Gasteiger partial charge in [-0.05, 0) is 44.6 Å². The Morgan fingerprint density at radius 2 is 2.00 bits per heavy atom. The average Bonchev–Trinajstić information content (AvgIpc) is 3.21. The minimum Gasteiger partial charge on any atom is -0.488 e. The van der Waals surface area contributed by atoms with Crippen molar-refractivity contribution in [3.05, 3.63) is 59.0 Å². The maximum absolute atomic E-state index is 6.64. The maximum atomic E-state index is 6.64. The van der Waals surface area contributed by atoms with Crippen LogP contribution in [0.4, 0.5) is 0 Å². The van der Waals surface area contributed by atoms with Crippen LogP contribution < -0.4 is 5.32 Å². The second-order valence-corrected chi connectivity index (χ2v) is 8.81. The van der Waals surface area contributed by atoms with E-state index < -0.39 is 0 Å². The number of benzene rings is 1. The Morgan fingerprint density at radius 3 is 2.75 bits per heavy atom. The van der Waals surface area contributed by atoms with Crippen LogP contribution in [0.3, 0.4) is 0 Å². The van der Waals surface area contributed by atoms with Crippen molar-refractivity contribution in [1.82, 2.24) is 10.2 Å². The SMILES string of the molecule is C=C1C(OC2CCCC2)=C(N2CCNCC2)C=NC12CC2c1cccc(C)c1. The van der Waals surface area contributed by atoms with Crippen molar-refractivity contribution in [2.24, 2.45) is 4.99 Å². The molecule has 0 bridgehead atoms. The molecule has 2 atom stereocenters. The number of hydrogen-bond acceptors (Lipinski definition) is 4. The monoisotopic (exact) mass is 377 g/mol. The lowest BCUT2D eigenvalue weighted by atomic mass is 9.94. The average molecular weight is 378 g/mol. The quantitative estimate of drug-likeness (QED) is 0.864. The minimum atomic E-state index is -0.195. The molecule has 0 radical (unpaired) electrons. The topological polar surface area (TPSA) is 36.9 Å². The van der Waals surface area contributed by atoms with Gasteiger partial charge in [0.1, 0.15) is 5.76 Å². The molecule has 3 fully saturated rings. The molecule has 0 aromatic heterocycles. The van der Waals surface area contributed by atoms with Gasteiger partial charge in [-0.1, -0.05) is 36.4 Å². The van der Waals surface area contributed by atoms with Crippen molar-refractivity contribution in [2.45, 2.75) is 56.6 Å². The standard InChI is InChI=1S/C24H31N3O/c1-17-6-5-7-19(14-17)21-15-24(21)18(2)23(28-20-8-3-4-9-20)22(16-26-24)27-12-10-25-11-13-27/h5-7,14,16,20-21,25H,2-4,8-13,15H2,1H3. The number of dihydropyridines is 1. The first-order valence-electron chi connectivity index (χ1n) is 10.9. The van der Waals surface area contributed by atoms with Crippen molar-refractivity contribution in [3.63, 3.8) is 0 Å². The second kappa shape index (κ2) is 7.07. The van der Waals surface area contributed by atoms with Crippen LogP contribution in [0, 0.1) is 6.92 Å². The summed E-state index contributed by atoms with van der Waals surface area (Å²) in [6.07, 6.45) is 8.35. The first-order valence-corrected chi connectivity index (χ1v) is 10.9. The summed E-state index contributed by atoms with van der Waals surface area (Å²) < 4.78 is 6.64. The van der Waals surface area contributed by atoms with Crippen molar-refractivity contribution in [2.75, 3.05) is 26.2 Å². The van der Waals surface area contributed by atoms with E-state index in [1.165, 1.54) is 24.0 Å². The molecule has 28 heavy (non-hydrogen) atoms. The number of nitrogens with one attached hydrogen (secondary N) is 1. The van der Waals surface area contributed by atoms with Gasteiger partial charge in [-0.3, -0.25) is 4.99 Å². The van der Waals surface area contributed by atoms with Gasteiger partial charge in [0.2, 0.25) is 0 Å². The van der Waals surface area contributed by atoms with Gasteiger partial charge in [-0.2, -0.15) is 0 Å². The number of piperazine rings is 1. The van der Waals surface area contributed by atoms with Gasteiger partial charge in [0, 0.05) is 43.9 Å². The first-order chi connectivity index (χ1) is 13.7. The fraction of sp³-hybridized carbons (Fsp3) is 0.542. The molecular weight excluding hydrogens is 346 g/mol. The van der Waals surface area contributed by atoms with E-state index in [1.54, 1.807) is 0 Å². The molecule has 0 amide bonds. The minimum absolute atomic E-state index is 0.195. The summed E-state index contributed by atoms with van der Waals surface area (Å²) >= 11 is 0. The van der Waals surface area contributed by atoms with Crippen LogP contribution in [-0.4, -0.2) is 48.9 Å². The summed E-state index contributed by atoms with van der Waals surface area (Å²) in [6, 6.07) is 8.86. The summed E-state index contributed by atoms with van der Waals surface area (Å²) in [6.45, 7) is 10.7. The number of aliphatic imine (C=N–C) groups is 1. The van der Waals surface area contributed by atoms with E-state index in [2.05, 4.69) is 54.2 Å². The zero-order chi connectivity index (χ0) is 19.1. The summed E-state index contributed by atoms with van der Waals surface area (Å²) in [4.78, 5) is 7.52. The number of allylic oxidation sites excluding steroid dienone is 1. The molecule has 2 unspecified atom stereocenters. The zero-order valence-electron chi connectivity index (χ0n) is 16.9. The molecule has 2 aliphatic carbocycles. The number of ether oxygens (including phenoxy) is 1. The van der Waals surface area contributed by atoms with Gasteiger partial charge in [-0.15, -0.1) is 0 Å². The molecule has 1 aromatic carbocycles. The van der Waals surface area contributed by atoms with Crippen LogP contribution >= 0.6 is 0 Å². The number of rotatable bonds is 4. The molecule has 2 aliphatic heterocycles. The van der Waals surface area contributed by atoms with Crippen molar-refractivity contribution < 1.29 is 4.74 Å². The highest BCUT2D eigenvalue weighted by molar-refractivity contribution is 5.84. The molecule has 5 rings (SSSR count). The Balaban J connectivity index is 1.45. The van der Waals surface area contributed by atoms with E-state index in [0.717, 1.165) is 62.5 Å². The van der Waals surface area contributed by atoms with E-state index in [-0.39, 0.29) is 5.54 Å². The van der Waals surface area contributed by atoms with Crippen molar-refractivity contribution >= 4 is 6.21 Å². The molecule has 1 saturated heterocycles. The van der Waals surface area contributed by atoms with E-state index in [4.69, 9.17) is 9.73 Å². The third kappa shape index (κ3) is 3.08. The van der Waals surface area contributed by atoms with E-state index >= 15 is 0 Å². The molecule has 1 N–H and O–H groups in total. The van der Waals surface area contributed by atoms with Gasteiger partial charge in [0.05, 0.1) is 17.3 Å². The van der Waals surface area contributed by atoms with Crippen LogP contribution in [0.1, 0.15) is 49.1 Å². The molecule has 4 heteroatoms. The Kier molecular flexibility index (Phi) is 4.54. The molecule has 148 valence electrons. The summed E-state index contributed by atoms with van der Waals surface area (Å²) in [7, 11) is 0. The summed E-state index contributed by atoms with van der Waals surface area (Å²) in [5.41, 5.74) is 4.74. The summed E-state index contributed by atoms with van der Waals surface area (Å²) in [5, 5.41) is 3.44. The largest absolute Gasteiger partial charge is 0.488 e. The molecule has 1 spiro atoms. The van der Waals surface area contributed by atoms with Crippen LogP contribution in [0.25, 0.3) is 0 Å². The zero-order valence-corrected chi connectivity index (χ0v) is 16.9. The Bertz CT molecular complexity index is 830. The lowest BCUT2D eigenvalue weighted by Gasteiger charge is -2.35. The molecule has 4 nitrogen and oxygen atoms in total. The van der Waals surface area contributed by atoms with Gasteiger partial charge in [0.25, 0.3) is 0 Å². The Labute approximate surface area is 168 Å². The third-order valence-corrected chi connectivity index (χ3v) is 6.87. The molecular formula is C24H31N3O. The van der Waals surface area contributed by atoms with Crippen LogP contribution in [0.15, 0.2) is 52.9 Å². The highest BCUT2D eigenvalue weighted by Crippen LogP contribution is 2.61.